The van der Waals surface area contributed by atoms with E-state index in [9.17, 15) is 9.90 Å². The van der Waals surface area contributed by atoms with Gasteiger partial charge in [-0.15, -0.1) is 0 Å². The molecule has 1 amide bonds. The van der Waals surface area contributed by atoms with Crippen LogP contribution in [0.5, 0.6) is 11.5 Å². The molecule has 20 heavy (non-hydrogen) atoms. The Morgan fingerprint density at radius 2 is 2.15 bits per heavy atom. The lowest BCUT2D eigenvalue weighted by molar-refractivity contribution is -0.122. The Morgan fingerprint density at radius 3 is 2.75 bits per heavy atom. The molecule has 0 atom stereocenters. The van der Waals surface area contributed by atoms with Crippen molar-refractivity contribution in [3.8, 4) is 11.5 Å². The number of amides is 1. The van der Waals surface area contributed by atoms with Crippen LogP contribution in [0.15, 0.2) is 23.3 Å². The predicted molar refractivity (Wildman–Crippen MR) is 78.2 cm³/mol. The van der Waals surface area contributed by atoms with Gasteiger partial charge in [-0.1, -0.05) is 19.9 Å². The van der Waals surface area contributed by atoms with Crippen LogP contribution in [0.4, 0.5) is 0 Å². The van der Waals surface area contributed by atoms with Gasteiger partial charge in [0.05, 0.1) is 19.9 Å². The number of nitrogens with one attached hydrogen (secondary N) is 1. The molecule has 1 aromatic carbocycles. The summed E-state index contributed by atoms with van der Waals surface area (Å²) in [4.78, 5) is 13.6. The van der Waals surface area contributed by atoms with Crippen LogP contribution in [-0.2, 0) is 4.79 Å². The lowest BCUT2D eigenvalue weighted by atomic mass is 10.2. The Balaban J connectivity index is 2.59. The summed E-state index contributed by atoms with van der Waals surface area (Å²) in [5.41, 5.74) is 2.91. The third kappa shape index (κ3) is 4.55. The van der Waals surface area contributed by atoms with Crippen LogP contribution in [0.25, 0.3) is 0 Å². The molecular weight excluding hydrogens is 258 g/mol. The van der Waals surface area contributed by atoms with Crippen LogP contribution in [0.2, 0.25) is 0 Å². The van der Waals surface area contributed by atoms with Crippen molar-refractivity contribution in [2.45, 2.75) is 13.8 Å². The Bertz CT molecular complexity index is 471. The van der Waals surface area contributed by atoms with Crippen molar-refractivity contribution in [3.05, 3.63) is 23.8 Å². The lowest BCUT2D eigenvalue weighted by Gasteiger charge is -2.15. The van der Waals surface area contributed by atoms with E-state index in [4.69, 9.17) is 4.74 Å². The second-order valence-electron chi connectivity index (χ2n) is 4.15. The molecule has 0 unspecified atom stereocenters. The van der Waals surface area contributed by atoms with Crippen molar-refractivity contribution in [2.24, 2.45) is 5.10 Å². The number of hydrogen-bond acceptors (Lipinski definition) is 5. The average Bonchev–Trinajstić information content (AvgIpc) is 2.46. The minimum atomic E-state index is -0.188. The van der Waals surface area contributed by atoms with Crippen molar-refractivity contribution in [2.75, 3.05) is 26.7 Å². The third-order valence-corrected chi connectivity index (χ3v) is 2.90. The van der Waals surface area contributed by atoms with E-state index >= 15 is 0 Å². The predicted octanol–water partition coefficient (Wildman–Crippen LogP) is 1.19. The summed E-state index contributed by atoms with van der Waals surface area (Å²) in [7, 11) is 1.47. The number of phenolic OH excluding ortho intramolecular Hbond substituents is 1. The van der Waals surface area contributed by atoms with Gasteiger partial charge < -0.3 is 9.84 Å². The van der Waals surface area contributed by atoms with Crippen LogP contribution in [0.1, 0.15) is 19.4 Å². The number of hydrogen-bond donors (Lipinski definition) is 2. The normalized spacial score (nSPS) is 11.0. The second-order valence-corrected chi connectivity index (χ2v) is 4.15. The highest BCUT2D eigenvalue weighted by molar-refractivity contribution is 5.86. The quantitative estimate of drug-likeness (QED) is 0.581. The summed E-state index contributed by atoms with van der Waals surface area (Å²) >= 11 is 0. The first-order valence-corrected chi connectivity index (χ1v) is 6.52. The molecule has 0 saturated carbocycles. The summed E-state index contributed by atoms with van der Waals surface area (Å²) in [6.45, 7) is 5.91. The highest BCUT2D eigenvalue weighted by Gasteiger charge is 2.07. The average molecular weight is 279 g/mol. The number of hydrazone groups is 1. The molecule has 110 valence electrons. The highest BCUT2D eigenvalue weighted by atomic mass is 16.5. The highest BCUT2D eigenvalue weighted by Crippen LogP contribution is 2.27. The Morgan fingerprint density at radius 1 is 1.45 bits per heavy atom. The van der Waals surface area contributed by atoms with Gasteiger partial charge in [0.1, 0.15) is 0 Å². The summed E-state index contributed by atoms with van der Waals surface area (Å²) in [5.74, 6) is 0.174. The largest absolute Gasteiger partial charge is 0.504 e. The number of para-hydroxylation sites is 1. The van der Waals surface area contributed by atoms with Gasteiger partial charge in [0.2, 0.25) is 0 Å². The molecule has 6 nitrogen and oxygen atoms in total. The molecular formula is C14H21N3O3. The lowest BCUT2D eigenvalue weighted by Crippen LogP contribution is -2.35. The van der Waals surface area contributed by atoms with E-state index in [1.165, 1.54) is 13.3 Å². The standard InChI is InChI=1S/C14H21N3O3/c1-4-17(5-2)10-13(18)16-15-9-11-7-6-8-12(20-3)14(11)19/h6-9,19H,4-5,10H2,1-3H3,(H,16,18). The molecule has 0 aliphatic carbocycles. The number of carbonyl (C=O) groups is 1. The second kappa shape index (κ2) is 8.16. The number of likely N-dealkylation sites (N-methyl/N-ethyl adjacent to an activating group) is 1. The zero-order valence-corrected chi connectivity index (χ0v) is 12.1. The van der Waals surface area contributed by atoms with Crippen LogP contribution in [0.3, 0.4) is 0 Å². The van der Waals surface area contributed by atoms with Gasteiger partial charge in [-0.3, -0.25) is 9.69 Å². The number of carbonyl (C=O) groups excluding carboxylic acids is 1. The number of aromatic hydroxyl groups is 1. The van der Waals surface area contributed by atoms with Crippen molar-refractivity contribution in [1.29, 1.82) is 0 Å². The first kappa shape index (κ1) is 16.0. The van der Waals surface area contributed by atoms with Gasteiger partial charge in [-0.2, -0.15) is 5.10 Å². The number of nitrogens with zero attached hydrogens (tertiary/aromatic N) is 2. The van der Waals surface area contributed by atoms with Gasteiger partial charge in [0, 0.05) is 5.56 Å². The molecule has 0 fully saturated rings. The summed E-state index contributed by atoms with van der Waals surface area (Å²) in [5, 5.41) is 13.7. The third-order valence-electron chi connectivity index (χ3n) is 2.90. The van der Waals surface area contributed by atoms with E-state index in [2.05, 4.69) is 10.5 Å². The van der Waals surface area contributed by atoms with E-state index in [1.807, 2.05) is 18.7 Å². The van der Waals surface area contributed by atoms with Crippen LogP contribution >= 0.6 is 0 Å². The van der Waals surface area contributed by atoms with E-state index < -0.39 is 0 Å². The molecule has 0 spiro atoms. The van der Waals surface area contributed by atoms with Gasteiger partial charge >= 0.3 is 0 Å². The molecule has 6 heteroatoms. The Labute approximate surface area is 119 Å². The van der Waals surface area contributed by atoms with Crippen LogP contribution in [0, 0.1) is 0 Å². The minimum absolute atomic E-state index is 0.00302. The number of methoxy groups -OCH3 is 1. The van der Waals surface area contributed by atoms with Gasteiger partial charge in [-0.05, 0) is 25.2 Å². The maximum Gasteiger partial charge on any atom is 0.254 e. The fraction of sp³-hybridized carbons (Fsp3) is 0.429. The summed E-state index contributed by atoms with van der Waals surface area (Å²) in [6.07, 6.45) is 1.39. The summed E-state index contributed by atoms with van der Waals surface area (Å²) in [6, 6.07) is 5.06. The fourth-order valence-corrected chi connectivity index (χ4v) is 1.67. The zero-order valence-electron chi connectivity index (χ0n) is 12.1. The monoisotopic (exact) mass is 279 g/mol. The molecule has 0 aliphatic rings. The van der Waals surface area contributed by atoms with E-state index in [0.717, 1.165) is 13.1 Å². The Kier molecular flexibility index (Phi) is 6.52. The topological polar surface area (TPSA) is 74.2 Å². The molecule has 2 N–H and O–H groups in total. The Hall–Kier alpha value is -2.08. The number of rotatable bonds is 7. The van der Waals surface area contributed by atoms with Crippen molar-refractivity contribution >= 4 is 12.1 Å². The maximum absolute atomic E-state index is 11.6. The molecule has 1 aromatic rings. The van der Waals surface area contributed by atoms with E-state index in [1.54, 1.807) is 18.2 Å². The molecule has 1 rings (SSSR count). The summed E-state index contributed by atoms with van der Waals surface area (Å²) < 4.78 is 4.99. The van der Waals surface area contributed by atoms with Gasteiger partial charge in [0.15, 0.2) is 11.5 Å². The van der Waals surface area contributed by atoms with Crippen molar-refractivity contribution in [1.82, 2.24) is 10.3 Å². The molecule has 0 heterocycles. The van der Waals surface area contributed by atoms with Gasteiger partial charge in [-0.25, -0.2) is 5.43 Å². The first-order chi connectivity index (χ1) is 9.62. The van der Waals surface area contributed by atoms with Crippen LogP contribution < -0.4 is 10.2 Å². The maximum atomic E-state index is 11.6. The molecule has 0 aliphatic heterocycles. The van der Waals surface area contributed by atoms with Crippen molar-refractivity contribution in [3.63, 3.8) is 0 Å². The molecule has 0 bridgehead atoms. The van der Waals surface area contributed by atoms with Gasteiger partial charge in [0.25, 0.3) is 5.91 Å². The minimum Gasteiger partial charge on any atom is -0.504 e. The molecule has 0 aromatic heterocycles. The van der Waals surface area contributed by atoms with E-state index in [0.29, 0.717) is 17.9 Å². The van der Waals surface area contributed by atoms with Crippen molar-refractivity contribution < 1.29 is 14.6 Å². The van der Waals surface area contributed by atoms with Crippen LogP contribution in [-0.4, -0.2) is 48.9 Å². The fourth-order valence-electron chi connectivity index (χ4n) is 1.67. The number of ether oxygens (including phenoxy) is 1. The number of phenols is 1. The first-order valence-electron chi connectivity index (χ1n) is 6.52. The smallest absolute Gasteiger partial charge is 0.254 e. The zero-order chi connectivity index (χ0) is 15.0. The molecule has 0 saturated heterocycles. The number of benzene rings is 1. The van der Waals surface area contributed by atoms with E-state index in [-0.39, 0.29) is 11.7 Å². The SMILES string of the molecule is CCN(CC)CC(=O)NN=Cc1cccc(OC)c1O. The molecule has 0 radical (unpaired) electrons.